The Morgan fingerprint density at radius 1 is 1.10 bits per heavy atom. The fourth-order valence-electron chi connectivity index (χ4n) is 2.39. The second-order valence-electron chi connectivity index (χ2n) is 5.91. The van der Waals surface area contributed by atoms with Gasteiger partial charge in [-0.2, -0.15) is 5.10 Å². The predicted octanol–water partition coefficient (Wildman–Crippen LogP) is 4.35. The molecule has 146 valence electrons. The lowest BCUT2D eigenvalue weighted by Crippen LogP contribution is -2.19. The minimum absolute atomic E-state index is 0.218. The van der Waals surface area contributed by atoms with Crippen LogP contribution in [-0.4, -0.2) is 18.1 Å². The summed E-state index contributed by atoms with van der Waals surface area (Å²) in [7, 11) is 0. The molecule has 1 heterocycles. The first-order chi connectivity index (χ1) is 14.1. The van der Waals surface area contributed by atoms with Crippen LogP contribution in [0.3, 0.4) is 0 Å². The van der Waals surface area contributed by atoms with Gasteiger partial charge in [0.05, 0.1) is 18.9 Å². The lowest BCUT2D eigenvalue weighted by Gasteiger charge is -2.06. The molecule has 0 atom stereocenters. The number of amides is 1. The van der Waals surface area contributed by atoms with E-state index in [1.54, 1.807) is 30.3 Å². The van der Waals surface area contributed by atoms with E-state index in [2.05, 4.69) is 26.5 Å². The van der Waals surface area contributed by atoms with Gasteiger partial charge in [-0.1, -0.05) is 46.3 Å². The van der Waals surface area contributed by atoms with E-state index >= 15 is 0 Å². The molecule has 0 unspecified atom stereocenters. The van der Waals surface area contributed by atoms with E-state index in [-0.39, 0.29) is 12.3 Å². The van der Waals surface area contributed by atoms with Crippen molar-refractivity contribution in [2.45, 2.75) is 6.42 Å². The van der Waals surface area contributed by atoms with Crippen LogP contribution in [0.15, 0.2) is 87.0 Å². The summed E-state index contributed by atoms with van der Waals surface area (Å²) < 4.78 is 11.3. The standard InChI is InChI=1S/C22H17BrN2O4/c23-18-8-10-20(29-22(27)11-9-19-7-4-12-28-19)17(14-18)15-24-25-21(26)13-16-5-2-1-3-6-16/h1-12,14-15H,13H2,(H,25,26). The monoisotopic (exact) mass is 452 g/mol. The minimum Gasteiger partial charge on any atom is -0.465 e. The van der Waals surface area contributed by atoms with Crippen molar-refractivity contribution in [1.82, 2.24) is 5.43 Å². The van der Waals surface area contributed by atoms with E-state index in [4.69, 9.17) is 9.15 Å². The van der Waals surface area contributed by atoms with Gasteiger partial charge in [0.1, 0.15) is 11.5 Å². The topological polar surface area (TPSA) is 80.9 Å². The summed E-state index contributed by atoms with van der Waals surface area (Å²) >= 11 is 3.37. The summed E-state index contributed by atoms with van der Waals surface area (Å²) in [4.78, 5) is 24.0. The van der Waals surface area contributed by atoms with Gasteiger partial charge in [-0.15, -0.1) is 0 Å². The molecule has 2 aromatic carbocycles. The first-order valence-electron chi connectivity index (χ1n) is 8.69. The van der Waals surface area contributed by atoms with E-state index in [1.807, 2.05) is 30.3 Å². The number of esters is 1. The molecule has 0 bridgehead atoms. The van der Waals surface area contributed by atoms with Crippen LogP contribution in [0, 0.1) is 0 Å². The van der Waals surface area contributed by atoms with Crippen molar-refractivity contribution in [2.24, 2.45) is 5.10 Å². The van der Waals surface area contributed by atoms with Gasteiger partial charge >= 0.3 is 5.97 Å². The number of halogens is 1. The summed E-state index contributed by atoms with van der Waals surface area (Å²) in [6, 6.07) is 17.9. The van der Waals surface area contributed by atoms with E-state index in [1.165, 1.54) is 24.6 Å². The number of rotatable bonds is 7. The number of carbonyl (C=O) groups is 2. The normalized spacial score (nSPS) is 11.1. The summed E-state index contributed by atoms with van der Waals surface area (Å²) in [6.07, 6.45) is 5.94. The highest BCUT2D eigenvalue weighted by molar-refractivity contribution is 9.10. The van der Waals surface area contributed by atoms with E-state index in [9.17, 15) is 9.59 Å². The van der Waals surface area contributed by atoms with Crippen molar-refractivity contribution in [3.63, 3.8) is 0 Å². The molecule has 29 heavy (non-hydrogen) atoms. The molecule has 7 heteroatoms. The highest BCUT2D eigenvalue weighted by Crippen LogP contribution is 2.22. The lowest BCUT2D eigenvalue weighted by atomic mass is 10.1. The van der Waals surface area contributed by atoms with Gasteiger partial charge < -0.3 is 9.15 Å². The second-order valence-corrected chi connectivity index (χ2v) is 6.82. The average Bonchev–Trinajstić information content (AvgIpc) is 3.23. The predicted molar refractivity (Wildman–Crippen MR) is 113 cm³/mol. The maximum Gasteiger partial charge on any atom is 0.336 e. The van der Waals surface area contributed by atoms with Crippen LogP contribution in [-0.2, 0) is 16.0 Å². The van der Waals surface area contributed by atoms with E-state index in [0.717, 1.165) is 10.0 Å². The number of hydrazone groups is 1. The molecule has 0 saturated heterocycles. The van der Waals surface area contributed by atoms with Crippen molar-refractivity contribution < 1.29 is 18.7 Å². The van der Waals surface area contributed by atoms with Crippen molar-refractivity contribution in [3.8, 4) is 5.75 Å². The smallest absolute Gasteiger partial charge is 0.336 e. The molecular formula is C22H17BrN2O4. The Hall–Kier alpha value is -3.45. The number of benzene rings is 2. The van der Waals surface area contributed by atoms with Crippen LogP contribution in [0.4, 0.5) is 0 Å². The van der Waals surface area contributed by atoms with Gasteiger partial charge in [-0.3, -0.25) is 4.79 Å². The van der Waals surface area contributed by atoms with Gasteiger partial charge in [0.25, 0.3) is 0 Å². The Morgan fingerprint density at radius 2 is 1.93 bits per heavy atom. The van der Waals surface area contributed by atoms with Gasteiger partial charge in [0, 0.05) is 16.1 Å². The SMILES string of the molecule is O=C(Cc1ccccc1)NN=Cc1cc(Br)ccc1OC(=O)C=Cc1ccco1. The fraction of sp³-hybridized carbons (Fsp3) is 0.0455. The first kappa shape index (κ1) is 20.3. The third kappa shape index (κ3) is 6.58. The fourth-order valence-corrected chi connectivity index (χ4v) is 2.77. The zero-order valence-electron chi connectivity index (χ0n) is 15.2. The molecule has 0 aliphatic heterocycles. The van der Waals surface area contributed by atoms with Gasteiger partial charge in [-0.05, 0) is 42.0 Å². The quantitative estimate of drug-likeness (QED) is 0.190. The number of carbonyl (C=O) groups excluding carboxylic acids is 2. The van der Waals surface area contributed by atoms with Gasteiger partial charge in [0.2, 0.25) is 5.91 Å². The van der Waals surface area contributed by atoms with E-state index in [0.29, 0.717) is 17.1 Å². The zero-order chi connectivity index (χ0) is 20.5. The number of hydrogen-bond acceptors (Lipinski definition) is 5. The summed E-state index contributed by atoms with van der Waals surface area (Å²) in [5.41, 5.74) is 3.89. The summed E-state index contributed by atoms with van der Waals surface area (Å²) in [5.74, 6) is 0.0397. The zero-order valence-corrected chi connectivity index (χ0v) is 16.8. The maximum absolute atomic E-state index is 12.1. The third-order valence-electron chi connectivity index (χ3n) is 3.71. The third-order valence-corrected chi connectivity index (χ3v) is 4.20. The Bertz CT molecular complexity index is 1030. The molecular weight excluding hydrogens is 436 g/mol. The van der Waals surface area contributed by atoms with Gasteiger partial charge in [-0.25, -0.2) is 10.2 Å². The van der Waals surface area contributed by atoms with Crippen molar-refractivity contribution in [2.75, 3.05) is 0 Å². The molecule has 0 saturated carbocycles. The molecule has 0 radical (unpaired) electrons. The maximum atomic E-state index is 12.1. The number of nitrogens with one attached hydrogen (secondary N) is 1. The van der Waals surface area contributed by atoms with Crippen molar-refractivity contribution >= 4 is 40.1 Å². The highest BCUT2D eigenvalue weighted by Gasteiger charge is 2.08. The molecule has 1 amide bonds. The van der Waals surface area contributed by atoms with Crippen molar-refractivity contribution in [3.05, 3.63) is 94.4 Å². The first-order valence-corrected chi connectivity index (χ1v) is 9.48. The Balaban J connectivity index is 1.62. The largest absolute Gasteiger partial charge is 0.465 e. The van der Waals surface area contributed by atoms with Crippen LogP contribution in [0.1, 0.15) is 16.9 Å². The molecule has 3 rings (SSSR count). The highest BCUT2D eigenvalue weighted by atomic mass is 79.9. The van der Waals surface area contributed by atoms with Crippen LogP contribution >= 0.6 is 15.9 Å². The van der Waals surface area contributed by atoms with Gasteiger partial charge in [0.15, 0.2) is 0 Å². The van der Waals surface area contributed by atoms with E-state index < -0.39 is 5.97 Å². The average molecular weight is 453 g/mol. The van der Waals surface area contributed by atoms with Crippen LogP contribution in [0.2, 0.25) is 0 Å². The Labute approximate surface area is 176 Å². The molecule has 0 aliphatic carbocycles. The van der Waals surface area contributed by atoms with Crippen LogP contribution in [0.5, 0.6) is 5.75 Å². The number of nitrogens with zero attached hydrogens (tertiary/aromatic N) is 1. The number of furan rings is 1. The molecule has 6 nitrogen and oxygen atoms in total. The van der Waals surface area contributed by atoms with Crippen molar-refractivity contribution in [1.29, 1.82) is 0 Å². The molecule has 3 aromatic rings. The molecule has 1 N–H and O–H groups in total. The minimum atomic E-state index is -0.563. The Kier molecular flexibility index (Phi) is 7.13. The molecule has 1 aromatic heterocycles. The van der Waals surface area contributed by atoms with Crippen LogP contribution in [0.25, 0.3) is 6.08 Å². The summed E-state index contributed by atoms with van der Waals surface area (Å²) in [6.45, 7) is 0. The van der Waals surface area contributed by atoms with Crippen LogP contribution < -0.4 is 10.2 Å². The number of ether oxygens (including phenoxy) is 1. The number of hydrogen-bond donors (Lipinski definition) is 1. The Morgan fingerprint density at radius 3 is 2.69 bits per heavy atom. The summed E-state index contributed by atoms with van der Waals surface area (Å²) in [5, 5.41) is 3.96. The molecule has 0 aliphatic rings. The lowest BCUT2D eigenvalue weighted by molar-refractivity contribution is -0.129. The molecule has 0 fully saturated rings. The second kappa shape index (κ2) is 10.2. The molecule has 0 spiro atoms.